The molecule has 0 N–H and O–H groups in total. The molecule has 0 aliphatic carbocycles. The molecule has 0 unspecified atom stereocenters. The van der Waals surface area contributed by atoms with Crippen LogP contribution in [0.25, 0.3) is 0 Å². The number of carbonyl (C=O) groups excluding carboxylic acids is 1. The largest absolute Gasteiger partial charge is 0.372 e. The Morgan fingerprint density at radius 3 is 2.78 bits per heavy atom. The van der Waals surface area contributed by atoms with Gasteiger partial charge in [-0.1, -0.05) is 13.0 Å². The van der Waals surface area contributed by atoms with Crippen molar-refractivity contribution in [1.29, 1.82) is 0 Å². The van der Waals surface area contributed by atoms with Gasteiger partial charge in [0.25, 0.3) is 5.91 Å². The van der Waals surface area contributed by atoms with E-state index in [1.54, 1.807) is 0 Å². The van der Waals surface area contributed by atoms with Crippen molar-refractivity contribution in [2.45, 2.75) is 57.9 Å². The minimum absolute atomic E-state index is 0.213. The average molecular weight is 314 g/mol. The number of amides is 1. The van der Waals surface area contributed by atoms with Crippen LogP contribution in [-0.4, -0.2) is 47.4 Å². The van der Waals surface area contributed by atoms with Crippen molar-refractivity contribution < 1.29 is 9.53 Å². The van der Waals surface area contributed by atoms with Gasteiger partial charge in [0, 0.05) is 24.2 Å². The highest BCUT2D eigenvalue weighted by Gasteiger charge is 2.39. The summed E-state index contributed by atoms with van der Waals surface area (Å²) in [6, 6.07) is 7.05. The average Bonchev–Trinajstić information content (AvgIpc) is 3.30. The number of benzene rings is 1. The normalized spacial score (nSPS) is 27.6. The summed E-state index contributed by atoms with van der Waals surface area (Å²) in [5, 5.41) is 0. The molecular weight excluding hydrogens is 288 g/mol. The second-order valence-electron chi connectivity index (χ2n) is 7.02. The van der Waals surface area contributed by atoms with E-state index in [0.29, 0.717) is 25.3 Å². The molecule has 4 nitrogen and oxygen atoms in total. The monoisotopic (exact) mass is 314 g/mol. The number of likely N-dealkylation sites (N-methyl/N-ethyl adjacent to an activating group) is 1. The summed E-state index contributed by atoms with van der Waals surface area (Å²) in [6.45, 7) is 6.76. The number of hydrogen-bond acceptors (Lipinski definition) is 3. The van der Waals surface area contributed by atoms with Crippen molar-refractivity contribution in [2.75, 3.05) is 19.6 Å². The third kappa shape index (κ3) is 2.68. The number of hydrogen-bond donors (Lipinski definition) is 0. The Labute approximate surface area is 138 Å². The van der Waals surface area contributed by atoms with Crippen LogP contribution in [0, 0.1) is 0 Å². The molecule has 2 saturated heterocycles. The molecule has 4 heteroatoms. The maximum atomic E-state index is 13.1. The second kappa shape index (κ2) is 6.25. The van der Waals surface area contributed by atoms with Crippen molar-refractivity contribution in [2.24, 2.45) is 0 Å². The summed E-state index contributed by atoms with van der Waals surface area (Å²) >= 11 is 0. The highest BCUT2D eigenvalue weighted by molar-refractivity contribution is 5.95. The number of nitrogens with zero attached hydrogens (tertiary/aromatic N) is 2. The van der Waals surface area contributed by atoms with Gasteiger partial charge in [-0.05, 0) is 62.0 Å². The zero-order valence-electron chi connectivity index (χ0n) is 14.0. The van der Waals surface area contributed by atoms with Gasteiger partial charge in [-0.2, -0.15) is 0 Å². The number of likely N-dealkylation sites (tertiary alicyclic amines) is 2. The second-order valence-corrected chi connectivity index (χ2v) is 7.02. The molecule has 2 fully saturated rings. The number of fused-ring (bicyclic) bond motifs is 1. The van der Waals surface area contributed by atoms with E-state index < -0.39 is 0 Å². The topological polar surface area (TPSA) is 32.8 Å². The lowest BCUT2D eigenvalue weighted by Crippen LogP contribution is -2.48. The molecule has 0 saturated carbocycles. The summed E-state index contributed by atoms with van der Waals surface area (Å²) in [5.74, 6) is 0.213. The van der Waals surface area contributed by atoms with E-state index in [4.69, 9.17) is 4.74 Å². The molecule has 1 aromatic carbocycles. The van der Waals surface area contributed by atoms with Gasteiger partial charge in [0.2, 0.25) is 0 Å². The van der Waals surface area contributed by atoms with Crippen LogP contribution in [0.4, 0.5) is 0 Å². The quantitative estimate of drug-likeness (QED) is 0.860. The van der Waals surface area contributed by atoms with Crippen molar-refractivity contribution in [1.82, 2.24) is 9.80 Å². The molecule has 23 heavy (non-hydrogen) atoms. The molecule has 1 aromatic rings. The van der Waals surface area contributed by atoms with Crippen LogP contribution in [-0.2, 0) is 18.0 Å². The van der Waals surface area contributed by atoms with Crippen LogP contribution in [0.1, 0.15) is 54.1 Å². The van der Waals surface area contributed by atoms with Crippen LogP contribution in [0.15, 0.2) is 18.2 Å². The summed E-state index contributed by atoms with van der Waals surface area (Å²) in [5.41, 5.74) is 3.25. The van der Waals surface area contributed by atoms with Gasteiger partial charge in [0.05, 0.1) is 13.2 Å². The molecule has 3 aliphatic heterocycles. The third-order valence-electron chi connectivity index (χ3n) is 5.79. The fourth-order valence-electron chi connectivity index (χ4n) is 4.60. The Balaban J connectivity index is 1.55. The van der Waals surface area contributed by atoms with E-state index in [2.05, 4.69) is 22.8 Å². The van der Waals surface area contributed by atoms with Gasteiger partial charge in [-0.15, -0.1) is 0 Å². The molecule has 0 aromatic heterocycles. The van der Waals surface area contributed by atoms with Crippen LogP contribution >= 0.6 is 0 Å². The van der Waals surface area contributed by atoms with Gasteiger partial charge < -0.3 is 9.64 Å². The van der Waals surface area contributed by atoms with Gasteiger partial charge in [0.15, 0.2) is 0 Å². The number of rotatable bonds is 3. The van der Waals surface area contributed by atoms with Crippen LogP contribution < -0.4 is 0 Å². The number of carbonyl (C=O) groups is 1. The predicted octanol–water partition coefficient (Wildman–Crippen LogP) is 2.81. The Bertz CT molecular complexity index is 601. The first-order chi connectivity index (χ1) is 11.3. The van der Waals surface area contributed by atoms with Crippen molar-refractivity contribution in [3.8, 4) is 0 Å². The number of ether oxygens (including phenoxy) is 1. The Hall–Kier alpha value is -1.39. The molecule has 0 radical (unpaired) electrons. The van der Waals surface area contributed by atoms with E-state index in [1.807, 2.05) is 12.1 Å². The molecule has 0 bridgehead atoms. The van der Waals surface area contributed by atoms with E-state index in [0.717, 1.165) is 31.5 Å². The SMILES string of the molecule is CCN1CCC[C@@H]1[C@H]1CCCN1C(=O)c1ccc2c(c1)COC2. The van der Waals surface area contributed by atoms with Gasteiger partial charge in [-0.3, -0.25) is 9.69 Å². The Kier molecular flexibility index (Phi) is 4.12. The van der Waals surface area contributed by atoms with E-state index in [1.165, 1.54) is 30.5 Å². The standard InChI is InChI=1S/C19H26N2O2/c1-2-20-9-3-5-17(20)18-6-4-10-21(18)19(22)14-7-8-15-12-23-13-16(15)11-14/h7-8,11,17-18H,2-6,9-10,12-13H2,1H3/t17-,18-/m1/s1. The highest BCUT2D eigenvalue weighted by Crippen LogP contribution is 2.31. The Morgan fingerprint density at radius 1 is 1.13 bits per heavy atom. The third-order valence-corrected chi connectivity index (χ3v) is 5.79. The van der Waals surface area contributed by atoms with Crippen molar-refractivity contribution in [3.63, 3.8) is 0 Å². The molecule has 0 spiro atoms. The lowest BCUT2D eigenvalue weighted by molar-refractivity contribution is 0.0650. The highest BCUT2D eigenvalue weighted by atomic mass is 16.5. The molecule has 124 valence electrons. The van der Waals surface area contributed by atoms with Gasteiger partial charge >= 0.3 is 0 Å². The fourth-order valence-corrected chi connectivity index (χ4v) is 4.60. The molecule has 3 aliphatic rings. The molecule has 4 rings (SSSR count). The summed E-state index contributed by atoms with van der Waals surface area (Å²) in [4.78, 5) is 17.8. The summed E-state index contributed by atoms with van der Waals surface area (Å²) in [6.07, 6.45) is 4.80. The first kappa shape index (κ1) is 15.2. The van der Waals surface area contributed by atoms with Crippen LogP contribution in [0.3, 0.4) is 0 Å². The Morgan fingerprint density at radius 2 is 1.91 bits per heavy atom. The van der Waals surface area contributed by atoms with Crippen LogP contribution in [0.5, 0.6) is 0 Å². The molecule has 3 heterocycles. The lowest BCUT2D eigenvalue weighted by Gasteiger charge is -2.34. The predicted molar refractivity (Wildman–Crippen MR) is 89.3 cm³/mol. The lowest BCUT2D eigenvalue weighted by atomic mass is 10.0. The maximum absolute atomic E-state index is 13.1. The van der Waals surface area contributed by atoms with Gasteiger partial charge in [-0.25, -0.2) is 0 Å². The smallest absolute Gasteiger partial charge is 0.254 e. The summed E-state index contributed by atoms with van der Waals surface area (Å²) < 4.78 is 5.47. The fraction of sp³-hybridized carbons (Fsp3) is 0.632. The summed E-state index contributed by atoms with van der Waals surface area (Å²) in [7, 11) is 0. The molecule has 2 atom stereocenters. The first-order valence-corrected chi connectivity index (χ1v) is 9.02. The van der Waals surface area contributed by atoms with Crippen molar-refractivity contribution >= 4 is 5.91 Å². The zero-order valence-corrected chi connectivity index (χ0v) is 14.0. The van der Waals surface area contributed by atoms with Crippen molar-refractivity contribution in [3.05, 3.63) is 34.9 Å². The van der Waals surface area contributed by atoms with Crippen LogP contribution in [0.2, 0.25) is 0 Å². The molecule has 1 amide bonds. The maximum Gasteiger partial charge on any atom is 0.254 e. The zero-order chi connectivity index (χ0) is 15.8. The van der Waals surface area contributed by atoms with Gasteiger partial charge in [0.1, 0.15) is 0 Å². The minimum Gasteiger partial charge on any atom is -0.372 e. The van der Waals surface area contributed by atoms with E-state index >= 15 is 0 Å². The molecular formula is C19H26N2O2. The van der Waals surface area contributed by atoms with E-state index in [9.17, 15) is 4.79 Å². The first-order valence-electron chi connectivity index (χ1n) is 9.02. The minimum atomic E-state index is 0.213. The van der Waals surface area contributed by atoms with E-state index in [-0.39, 0.29) is 5.91 Å².